The summed E-state index contributed by atoms with van der Waals surface area (Å²) in [6, 6.07) is 14.2. The highest BCUT2D eigenvalue weighted by molar-refractivity contribution is 7.22. The van der Waals surface area contributed by atoms with Crippen LogP contribution in [0.25, 0.3) is 10.2 Å². The summed E-state index contributed by atoms with van der Waals surface area (Å²) in [7, 11) is 0. The van der Waals surface area contributed by atoms with Crippen LogP contribution in [-0.2, 0) is 4.79 Å². The van der Waals surface area contributed by atoms with Gasteiger partial charge in [0, 0.05) is 0 Å². The van der Waals surface area contributed by atoms with Gasteiger partial charge in [0.1, 0.15) is 11.5 Å². The molecular weight excluding hydrogens is 428 g/mol. The quantitative estimate of drug-likeness (QED) is 0.428. The number of nitrogens with zero attached hydrogens (tertiary/aromatic N) is 2. The molecule has 8 heteroatoms. The van der Waals surface area contributed by atoms with E-state index in [0.717, 1.165) is 10.3 Å². The van der Waals surface area contributed by atoms with Crippen molar-refractivity contribution in [2.75, 3.05) is 4.90 Å². The van der Waals surface area contributed by atoms with E-state index in [1.807, 2.05) is 25.1 Å². The standard InChI is InChI=1S/C24H18N2O5S/c1-12-6-8-16-18(10-12)32-24(25-16)26-20(14-4-3-5-15(27)11-14)19(22(29)23(26)30)21(28)17-9-7-13(2)31-17/h3-11,20,27,29H,1-2H3/t20-/m0/s1. The third kappa shape index (κ3) is 3.16. The first-order valence-corrected chi connectivity index (χ1v) is 10.7. The van der Waals surface area contributed by atoms with Crippen LogP contribution in [0, 0.1) is 13.8 Å². The average molecular weight is 446 g/mol. The maximum Gasteiger partial charge on any atom is 0.296 e. The Morgan fingerprint density at radius 1 is 1.09 bits per heavy atom. The van der Waals surface area contributed by atoms with Crippen LogP contribution in [0.4, 0.5) is 5.13 Å². The highest BCUT2D eigenvalue weighted by Gasteiger charge is 2.46. The van der Waals surface area contributed by atoms with Crippen LogP contribution >= 0.6 is 11.3 Å². The summed E-state index contributed by atoms with van der Waals surface area (Å²) in [5, 5.41) is 21.2. The van der Waals surface area contributed by atoms with Gasteiger partial charge in [0.15, 0.2) is 16.7 Å². The number of Topliss-reactive ketones (excluding diaryl/α,β-unsaturated/α-hetero) is 1. The van der Waals surface area contributed by atoms with Gasteiger partial charge in [-0.3, -0.25) is 14.5 Å². The molecule has 2 N–H and O–H groups in total. The van der Waals surface area contributed by atoms with E-state index in [9.17, 15) is 19.8 Å². The predicted molar refractivity (Wildman–Crippen MR) is 120 cm³/mol. The Bertz CT molecular complexity index is 1430. The fraction of sp³-hybridized carbons (Fsp3) is 0.125. The van der Waals surface area contributed by atoms with Gasteiger partial charge in [0.05, 0.1) is 21.8 Å². The van der Waals surface area contributed by atoms with E-state index in [-0.39, 0.29) is 17.1 Å². The monoisotopic (exact) mass is 446 g/mol. The number of phenolic OH excluding ortho intramolecular Hbond substituents is 1. The number of aliphatic hydroxyl groups is 1. The molecule has 0 unspecified atom stereocenters. The van der Waals surface area contributed by atoms with Crippen LogP contribution in [0.1, 0.15) is 33.5 Å². The zero-order chi connectivity index (χ0) is 22.6. The zero-order valence-corrected chi connectivity index (χ0v) is 18.0. The van der Waals surface area contributed by atoms with Crippen molar-refractivity contribution in [3.05, 3.63) is 88.6 Å². The molecule has 7 nitrogen and oxygen atoms in total. The van der Waals surface area contributed by atoms with E-state index >= 15 is 0 Å². The zero-order valence-electron chi connectivity index (χ0n) is 17.2. The van der Waals surface area contributed by atoms with Crippen molar-refractivity contribution in [3.8, 4) is 5.75 Å². The van der Waals surface area contributed by atoms with Crippen LogP contribution in [0.15, 0.2) is 70.3 Å². The number of hydrogen-bond donors (Lipinski definition) is 2. The lowest BCUT2D eigenvalue weighted by Gasteiger charge is -2.24. The van der Waals surface area contributed by atoms with Crippen molar-refractivity contribution < 1.29 is 24.2 Å². The highest BCUT2D eigenvalue weighted by Crippen LogP contribution is 2.44. The van der Waals surface area contributed by atoms with Crippen LogP contribution in [0.5, 0.6) is 5.75 Å². The van der Waals surface area contributed by atoms with Gasteiger partial charge in [-0.2, -0.15) is 0 Å². The molecule has 1 atom stereocenters. The first-order chi connectivity index (χ1) is 15.3. The van der Waals surface area contributed by atoms with Gasteiger partial charge in [0.25, 0.3) is 5.91 Å². The fourth-order valence-corrected chi connectivity index (χ4v) is 4.95. The number of aliphatic hydroxyl groups excluding tert-OH is 1. The number of carbonyl (C=O) groups excluding carboxylic acids is 2. The Labute approximate surface area is 186 Å². The highest BCUT2D eigenvalue weighted by atomic mass is 32.1. The minimum Gasteiger partial charge on any atom is -0.508 e. The van der Waals surface area contributed by atoms with Gasteiger partial charge >= 0.3 is 0 Å². The van der Waals surface area contributed by atoms with Crippen molar-refractivity contribution in [1.82, 2.24) is 4.98 Å². The minimum absolute atomic E-state index is 0.0174. The molecule has 0 fully saturated rings. The normalized spacial score (nSPS) is 16.4. The molecule has 0 bridgehead atoms. The smallest absolute Gasteiger partial charge is 0.296 e. The van der Waals surface area contributed by atoms with E-state index in [4.69, 9.17) is 4.42 Å². The Kier molecular flexibility index (Phi) is 4.60. The van der Waals surface area contributed by atoms with E-state index in [0.29, 0.717) is 22.0 Å². The molecule has 32 heavy (non-hydrogen) atoms. The van der Waals surface area contributed by atoms with E-state index in [1.165, 1.54) is 34.4 Å². The molecule has 1 amide bonds. The molecule has 160 valence electrons. The molecule has 1 aliphatic rings. The summed E-state index contributed by atoms with van der Waals surface area (Å²) in [5.41, 5.74) is 2.10. The fourth-order valence-electron chi connectivity index (χ4n) is 3.86. The number of rotatable bonds is 4. The van der Waals surface area contributed by atoms with E-state index in [1.54, 1.807) is 25.1 Å². The second kappa shape index (κ2) is 7.35. The van der Waals surface area contributed by atoms with Gasteiger partial charge in [-0.05, 0) is 61.4 Å². The number of anilines is 1. The number of amides is 1. The Morgan fingerprint density at radius 2 is 1.91 bits per heavy atom. The number of aryl methyl sites for hydroxylation is 2. The topological polar surface area (TPSA) is 104 Å². The molecule has 2 aromatic carbocycles. The first-order valence-electron chi connectivity index (χ1n) is 9.87. The number of phenols is 1. The van der Waals surface area contributed by atoms with Crippen molar-refractivity contribution in [2.24, 2.45) is 0 Å². The predicted octanol–water partition coefficient (Wildman–Crippen LogP) is 4.99. The molecule has 0 saturated heterocycles. The number of ketones is 1. The Hall–Kier alpha value is -3.91. The summed E-state index contributed by atoms with van der Waals surface area (Å²) in [5.74, 6) is -1.47. The molecular formula is C24H18N2O5S. The molecule has 0 radical (unpaired) electrons. The summed E-state index contributed by atoms with van der Waals surface area (Å²) in [4.78, 5) is 32.4. The molecule has 1 aliphatic heterocycles. The van der Waals surface area contributed by atoms with Gasteiger partial charge in [-0.1, -0.05) is 29.5 Å². The maximum absolute atomic E-state index is 13.3. The molecule has 5 rings (SSSR count). The molecule has 4 aromatic rings. The summed E-state index contributed by atoms with van der Waals surface area (Å²) in [6.07, 6.45) is 0. The lowest BCUT2D eigenvalue weighted by Crippen LogP contribution is -2.30. The average Bonchev–Trinajstić information content (AvgIpc) is 3.44. The lowest BCUT2D eigenvalue weighted by atomic mass is 9.95. The van der Waals surface area contributed by atoms with Crippen molar-refractivity contribution in [3.63, 3.8) is 0 Å². The summed E-state index contributed by atoms with van der Waals surface area (Å²) in [6.45, 7) is 3.66. The van der Waals surface area contributed by atoms with Gasteiger partial charge < -0.3 is 14.6 Å². The number of benzene rings is 2. The van der Waals surface area contributed by atoms with Crippen molar-refractivity contribution >= 4 is 38.4 Å². The second-order valence-corrected chi connectivity index (χ2v) is 8.65. The summed E-state index contributed by atoms with van der Waals surface area (Å²) >= 11 is 1.29. The molecule has 3 heterocycles. The van der Waals surface area contributed by atoms with Gasteiger partial charge in [-0.25, -0.2) is 4.98 Å². The third-order valence-electron chi connectivity index (χ3n) is 5.34. The number of thiazole rings is 1. The first kappa shape index (κ1) is 20.0. The van der Waals surface area contributed by atoms with E-state index in [2.05, 4.69) is 4.98 Å². The molecule has 2 aromatic heterocycles. The van der Waals surface area contributed by atoms with Crippen molar-refractivity contribution in [1.29, 1.82) is 0 Å². The van der Waals surface area contributed by atoms with Crippen molar-refractivity contribution in [2.45, 2.75) is 19.9 Å². The third-order valence-corrected chi connectivity index (χ3v) is 6.36. The van der Waals surface area contributed by atoms with Gasteiger partial charge in [-0.15, -0.1) is 0 Å². The largest absolute Gasteiger partial charge is 0.508 e. The Morgan fingerprint density at radius 3 is 2.62 bits per heavy atom. The number of furan rings is 1. The summed E-state index contributed by atoms with van der Waals surface area (Å²) < 4.78 is 6.34. The second-order valence-electron chi connectivity index (χ2n) is 7.64. The lowest BCUT2D eigenvalue weighted by molar-refractivity contribution is -0.117. The van der Waals surface area contributed by atoms with Crippen LogP contribution in [-0.4, -0.2) is 26.9 Å². The Balaban J connectivity index is 1.69. The molecule has 0 spiro atoms. The van der Waals surface area contributed by atoms with Gasteiger partial charge in [0.2, 0.25) is 5.78 Å². The van der Waals surface area contributed by atoms with E-state index < -0.39 is 23.5 Å². The maximum atomic E-state index is 13.3. The molecule has 0 aliphatic carbocycles. The number of aromatic nitrogens is 1. The number of aromatic hydroxyl groups is 1. The van der Waals surface area contributed by atoms with Crippen LogP contribution in [0.3, 0.4) is 0 Å². The number of hydrogen-bond acceptors (Lipinski definition) is 7. The minimum atomic E-state index is -0.978. The van der Waals surface area contributed by atoms with Crippen LogP contribution in [0.2, 0.25) is 0 Å². The number of carbonyl (C=O) groups is 2. The SMILES string of the molecule is Cc1ccc2nc(N3C(=O)C(O)=C(C(=O)c4ccc(C)o4)[C@@H]3c3cccc(O)c3)sc2c1. The number of fused-ring (bicyclic) bond motifs is 1. The van der Waals surface area contributed by atoms with Crippen LogP contribution < -0.4 is 4.90 Å². The molecule has 0 saturated carbocycles.